The van der Waals surface area contributed by atoms with Crippen molar-refractivity contribution in [3.8, 4) is 0 Å². The maximum atomic E-state index is 12.2. The van der Waals surface area contributed by atoms with Gasteiger partial charge in [0.15, 0.2) is 5.13 Å². The number of anilines is 1. The summed E-state index contributed by atoms with van der Waals surface area (Å²) in [6.07, 6.45) is 0.769. The first-order valence-corrected chi connectivity index (χ1v) is 8.84. The topological polar surface area (TPSA) is 82.5 Å². The summed E-state index contributed by atoms with van der Waals surface area (Å²) in [5, 5.41) is 12.2. The predicted molar refractivity (Wildman–Crippen MR) is 99.3 cm³/mol. The van der Waals surface area contributed by atoms with Gasteiger partial charge in [0.25, 0.3) is 0 Å². The van der Waals surface area contributed by atoms with Crippen LogP contribution < -0.4 is 5.32 Å². The SMILES string of the molecule is Cc1ccc(Cc2sc(NC(=O)N(C)CC(C)C(=O)O)nc2C)cc1. The molecule has 134 valence electrons. The van der Waals surface area contributed by atoms with Crippen LogP contribution in [0, 0.1) is 19.8 Å². The number of carbonyl (C=O) groups excluding carboxylic acids is 1. The molecule has 1 unspecified atom stereocenters. The number of rotatable bonds is 6. The number of carbonyl (C=O) groups is 2. The Morgan fingerprint density at radius 2 is 1.92 bits per heavy atom. The molecule has 1 heterocycles. The minimum atomic E-state index is -0.926. The number of aromatic nitrogens is 1. The first kappa shape index (κ1) is 18.9. The summed E-state index contributed by atoms with van der Waals surface area (Å²) in [6.45, 7) is 5.68. The Balaban J connectivity index is 2.00. The molecule has 0 spiro atoms. The van der Waals surface area contributed by atoms with Crippen LogP contribution in [0.3, 0.4) is 0 Å². The minimum absolute atomic E-state index is 0.141. The molecule has 0 aliphatic rings. The van der Waals surface area contributed by atoms with Crippen LogP contribution in [0.4, 0.5) is 9.93 Å². The van der Waals surface area contributed by atoms with Crippen molar-refractivity contribution in [2.24, 2.45) is 5.92 Å². The first-order valence-electron chi connectivity index (χ1n) is 8.03. The third kappa shape index (κ3) is 5.29. The van der Waals surface area contributed by atoms with Gasteiger partial charge in [0, 0.05) is 24.9 Å². The summed E-state index contributed by atoms with van der Waals surface area (Å²) in [6, 6.07) is 7.98. The van der Waals surface area contributed by atoms with E-state index in [0.29, 0.717) is 5.13 Å². The number of carboxylic acid groups (broad SMARTS) is 1. The molecular formula is C18H23N3O3S. The first-order chi connectivity index (χ1) is 11.8. The van der Waals surface area contributed by atoms with E-state index in [2.05, 4.69) is 41.5 Å². The van der Waals surface area contributed by atoms with Crippen LogP contribution in [0.25, 0.3) is 0 Å². The van der Waals surface area contributed by atoms with Gasteiger partial charge >= 0.3 is 12.0 Å². The summed E-state index contributed by atoms with van der Waals surface area (Å²) in [5.74, 6) is -1.55. The number of nitrogens with one attached hydrogen (secondary N) is 1. The maximum Gasteiger partial charge on any atom is 0.323 e. The summed E-state index contributed by atoms with van der Waals surface area (Å²) >= 11 is 1.44. The number of nitrogens with zero attached hydrogens (tertiary/aromatic N) is 2. The summed E-state index contributed by atoms with van der Waals surface area (Å²) in [7, 11) is 1.57. The number of carboxylic acids is 1. The molecule has 25 heavy (non-hydrogen) atoms. The Labute approximate surface area is 151 Å². The number of amides is 2. The zero-order chi connectivity index (χ0) is 18.6. The van der Waals surface area contributed by atoms with Gasteiger partial charge in [0.05, 0.1) is 11.6 Å². The summed E-state index contributed by atoms with van der Waals surface area (Å²) in [5.41, 5.74) is 3.31. The third-order valence-electron chi connectivity index (χ3n) is 3.91. The Hall–Kier alpha value is -2.41. The molecule has 1 atom stereocenters. The number of aryl methyl sites for hydroxylation is 2. The monoisotopic (exact) mass is 361 g/mol. The van der Waals surface area contributed by atoms with Crippen molar-refractivity contribution in [3.05, 3.63) is 46.0 Å². The van der Waals surface area contributed by atoms with Gasteiger partial charge in [-0.3, -0.25) is 10.1 Å². The molecule has 2 aromatic rings. The zero-order valence-corrected chi connectivity index (χ0v) is 15.7. The fraction of sp³-hybridized carbons (Fsp3) is 0.389. The van der Waals surface area contributed by atoms with Gasteiger partial charge in [0.1, 0.15) is 0 Å². The lowest BCUT2D eigenvalue weighted by Gasteiger charge is -2.19. The van der Waals surface area contributed by atoms with Crippen LogP contribution >= 0.6 is 11.3 Å². The zero-order valence-electron chi connectivity index (χ0n) is 14.9. The van der Waals surface area contributed by atoms with Gasteiger partial charge in [-0.2, -0.15) is 0 Å². The molecule has 2 N–H and O–H groups in total. The Morgan fingerprint density at radius 1 is 1.28 bits per heavy atom. The average molecular weight is 361 g/mol. The van der Waals surface area contributed by atoms with Crippen LogP contribution in [0.15, 0.2) is 24.3 Å². The quantitative estimate of drug-likeness (QED) is 0.824. The molecule has 0 fully saturated rings. The van der Waals surface area contributed by atoms with E-state index < -0.39 is 11.9 Å². The highest BCUT2D eigenvalue weighted by atomic mass is 32.1. The maximum absolute atomic E-state index is 12.2. The average Bonchev–Trinajstić information content (AvgIpc) is 2.88. The van der Waals surface area contributed by atoms with E-state index in [4.69, 9.17) is 5.11 Å². The second-order valence-electron chi connectivity index (χ2n) is 6.24. The van der Waals surface area contributed by atoms with Crippen molar-refractivity contribution in [1.29, 1.82) is 0 Å². The molecule has 0 radical (unpaired) electrons. The van der Waals surface area contributed by atoms with E-state index in [1.165, 1.54) is 27.4 Å². The van der Waals surface area contributed by atoms with Gasteiger partial charge in [0.2, 0.25) is 0 Å². The number of thiazole rings is 1. The van der Waals surface area contributed by atoms with Crippen LogP contribution in [-0.4, -0.2) is 40.6 Å². The standard InChI is InChI=1S/C18H23N3O3S/c1-11-5-7-14(8-6-11)9-15-13(3)19-17(25-15)20-18(24)21(4)10-12(2)16(22)23/h5-8,12H,9-10H2,1-4H3,(H,22,23)(H,19,20,24). The smallest absolute Gasteiger partial charge is 0.323 e. The summed E-state index contributed by atoms with van der Waals surface area (Å²) in [4.78, 5) is 29.9. The largest absolute Gasteiger partial charge is 0.481 e. The minimum Gasteiger partial charge on any atom is -0.481 e. The molecule has 2 rings (SSSR count). The third-order valence-corrected chi connectivity index (χ3v) is 4.98. The van der Waals surface area contributed by atoms with Gasteiger partial charge in [-0.1, -0.05) is 36.8 Å². The van der Waals surface area contributed by atoms with Crippen LogP contribution in [0.5, 0.6) is 0 Å². The molecule has 1 aromatic heterocycles. The number of hydrogen-bond acceptors (Lipinski definition) is 4. The van der Waals surface area contributed by atoms with Crippen molar-refractivity contribution in [1.82, 2.24) is 9.88 Å². The fourth-order valence-electron chi connectivity index (χ4n) is 2.30. The molecule has 2 amide bonds. The molecule has 6 nitrogen and oxygen atoms in total. The molecule has 0 aliphatic carbocycles. The fourth-order valence-corrected chi connectivity index (χ4v) is 3.28. The molecular weight excluding hydrogens is 338 g/mol. The van der Waals surface area contributed by atoms with Gasteiger partial charge in [-0.05, 0) is 19.4 Å². The number of hydrogen-bond donors (Lipinski definition) is 2. The Bertz CT molecular complexity index is 755. The second-order valence-corrected chi connectivity index (χ2v) is 7.32. The lowest BCUT2D eigenvalue weighted by molar-refractivity contribution is -0.141. The second kappa shape index (κ2) is 8.11. The molecule has 0 saturated heterocycles. The Morgan fingerprint density at radius 3 is 2.52 bits per heavy atom. The van der Waals surface area contributed by atoms with Gasteiger partial charge < -0.3 is 10.0 Å². The summed E-state index contributed by atoms with van der Waals surface area (Å²) < 4.78 is 0. The van der Waals surface area contributed by atoms with Crippen molar-refractivity contribution >= 4 is 28.5 Å². The van der Waals surface area contributed by atoms with Crippen LogP contribution in [-0.2, 0) is 11.2 Å². The highest BCUT2D eigenvalue weighted by molar-refractivity contribution is 7.15. The van der Waals surface area contributed by atoms with Gasteiger partial charge in [-0.15, -0.1) is 11.3 Å². The Kier molecular flexibility index (Phi) is 6.14. The number of aliphatic carboxylic acids is 1. The predicted octanol–water partition coefficient (Wildman–Crippen LogP) is 3.54. The van der Waals surface area contributed by atoms with Gasteiger partial charge in [-0.25, -0.2) is 9.78 Å². The van der Waals surface area contributed by atoms with Crippen molar-refractivity contribution in [2.75, 3.05) is 18.9 Å². The molecule has 1 aromatic carbocycles. The van der Waals surface area contributed by atoms with E-state index in [-0.39, 0.29) is 12.6 Å². The normalized spacial score (nSPS) is 11.8. The van der Waals surface area contributed by atoms with Crippen LogP contribution in [0.2, 0.25) is 0 Å². The van der Waals surface area contributed by atoms with Crippen molar-refractivity contribution in [3.63, 3.8) is 0 Å². The lowest BCUT2D eigenvalue weighted by atomic mass is 10.1. The lowest BCUT2D eigenvalue weighted by Crippen LogP contribution is -2.36. The van der Waals surface area contributed by atoms with Crippen molar-refractivity contribution < 1.29 is 14.7 Å². The number of urea groups is 1. The van der Waals surface area contributed by atoms with E-state index >= 15 is 0 Å². The highest BCUT2D eigenvalue weighted by Gasteiger charge is 2.18. The van der Waals surface area contributed by atoms with Crippen LogP contribution in [0.1, 0.15) is 28.6 Å². The highest BCUT2D eigenvalue weighted by Crippen LogP contribution is 2.25. The molecule has 7 heteroatoms. The van der Waals surface area contributed by atoms with Crippen molar-refractivity contribution in [2.45, 2.75) is 27.2 Å². The van der Waals surface area contributed by atoms with E-state index in [1.54, 1.807) is 14.0 Å². The number of benzene rings is 1. The molecule has 0 saturated carbocycles. The molecule has 0 aliphatic heterocycles. The molecule has 0 bridgehead atoms. The van der Waals surface area contributed by atoms with E-state index in [9.17, 15) is 9.59 Å². The van der Waals surface area contributed by atoms with E-state index in [1.807, 2.05) is 6.92 Å². The van der Waals surface area contributed by atoms with E-state index in [0.717, 1.165) is 17.0 Å².